The molecule has 2 aliphatic heterocycles. The number of benzene rings is 4. The third kappa shape index (κ3) is 8.62. The molecule has 2 aliphatic rings. The van der Waals surface area contributed by atoms with Crippen molar-refractivity contribution in [2.24, 2.45) is 9.98 Å². The Kier molecular flexibility index (Phi) is 11.1. The number of hydrogen-bond donors (Lipinski definition) is 2. The zero-order chi connectivity index (χ0) is 33.3. The van der Waals surface area contributed by atoms with E-state index in [-0.39, 0.29) is 11.5 Å². The summed E-state index contributed by atoms with van der Waals surface area (Å²) >= 11 is 0. The Labute approximate surface area is 284 Å². The highest BCUT2D eigenvalue weighted by atomic mass is 16.5. The van der Waals surface area contributed by atoms with Gasteiger partial charge >= 0.3 is 0 Å². The van der Waals surface area contributed by atoms with Gasteiger partial charge in [-0.1, -0.05) is 48.5 Å². The van der Waals surface area contributed by atoms with Crippen LogP contribution >= 0.6 is 0 Å². The molecule has 2 N–H and O–H groups in total. The van der Waals surface area contributed by atoms with Gasteiger partial charge in [-0.05, 0) is 55.7 Å². The van der Waals surface area contributed by atoms with Crippen LogP contribution in [0.2, 0.25) is 0 Å². The van der Waals surface area contributed by atoms with Crippen LogP contribution in [0.4, 0.5) is 0 Å². The third-order valence-electron chi connectivity index (χ3n) is 8.82. The first-order valence-corrected chi connectivity index (χ1v) is 16.9. The summed E-state index contributed by atoms with van der Waals surface area (Å²) in [6.45, 7) is 10.2. The molecule has 4 aromatic rings. The van der Waals surface area contributed by atoms with E-state index in [0.29, 0.717) is 63.6 Å². The average molecular weight is 647 g/mol. The second-order valence-electron chi connectivity index (χ2n) is 12.8. The van der Waals surface area contributed by atoms with Gasteiger partial charge in [0.1, 0.15) is 23.0 Å². The fraction of sp³-hybridized carbons (Fsp3) is 0.350. The van der Waals surface area contributed by atoms with Gasteiger partial charge < -0.3 is 19.7 Å². The van der Waals surface area contributed by atoms with Crippen molar-refractivity contribution in [1.82, 2.24) is 9.80 Å². The summed E-state index contributed by atoms with van der Waals surface area (Å²) in [5.41, 5.74) is 7.52. The van der Waals surface area contributed by atoms with E-state index in [1.807, 2.05) is 36.4 Å². The Bertz CT molecular complexity index is 1640. The molecule has 48 heavy (non-hydrogen) atoms. The fourth-order valence-corrected chi connectivity index (χ4v) is 6.53. The molecular weight excluding hydrogens is 600 g/mol. The van der Waals surface area contributed by atoms with Crippen LogP contribution < -0.4 is 9.47 Å². The Morgan fingerprint density at radius 1 is 0.562 bits per heavy atom. The van der Waals surface area contributed by atoms with Gasteiger partial charge in [-0.15, -0.1) is 0 Å². The number of nitrogens with zero attached hydrogens (tertiary/aromatic N) is 4. The predicted octanol–water partition coefficient (Wildman–Crippen LogP) is 6.82. The number of phenols is 2. The van der Waals surface area contributed by atoms with E-state index in [4.69, 9.17) is 9.47 Å². The lowest BCUT2D eigenvalue weighted by Crippen LogP contribution is -2.30. The monoisotopic (exact) mass is 646 g/mol. The molecule has 250 valence electrons. The normalized spacial score (nSPS) is 19.2. The lowest BCUT2D eigenvalue weighted by Gasteiger charge is -2.28. The van der Waals surface area contributed by atoms with E-state index in [1.54, 1.807) is 12.4 Å². The van der Waals surface area contributed by atoms with Crippen molar-refractivity contribution in [1.29, 1.82) is 0 Å². The molecule has 0 amide bonds. The number of aromatic hydroxyl groups is 2. The molecule has 8 heteroatoms. The van der Waals surface area contributed by atoms with Crippen molar-refractivity contribution in [3.05, 3.63) is 117 Å². The van der Waals surface area contributed by atoms with Crippen LogP contribution in [0, 0.1) is 13.8 Å². The van der Waals surface area contributed by atoms with Gasteiger partial charge in [0.25, 0.3) is 0 Å². The zero-order valence-electron chi connectivity index (χ0n) is 28.1. The van der Waals surface area contributed by atoms with E-state index in [2.05, 4.69) is 70.0 Å². The minimum absolute atomic E-state index is 0.261. The number of hydrogen-bond acceptors (Lipinski definition) is 8. The minimum Gasteiger partial charge on any atom is -0.507 e. The van der Waals surface area contributed by atoms with Crippen molar-refractivity contribution < 1.29 is 19.7 Å². The summed E-state index contributed by atoms with van der Waals surface area (Å²) in [5.74, 6) is 2.27. The fourth-order valence-electron chi connectivity index (χ4n) is 6.53. The maximum atomic E-state index is 11.4. The van der Waals surface area contributed by atoms with Gasteiger partial charge in [0.05, 0.1) is 26.3 Å². The highest BCUT2D eigenvalue weighted by molar-refractivity contribution is 5.85. The first-order chi connectivity index (χ1) is 23.4. The molecule has 0 saturated heterocycles. The largest absolute Gasteiger partial charge is 0.507 e. The molecule has 0 radical (unpaired) electrons. The van der Waals surface area contributed by atoms with E-state index in [0.717, 1.165) is 70.8 Å². The van der Waals surface area contributed by atoms with Gasteiger partial charge in [0.2, 0.25) is 0 Å². The maximum absolute atomic E-state index is 11.4. The molecule has 0 aromatic heterocycles. The van der Waals surface area contributed by atoms with Crippen molar-refractivity contribution in [3.8, 4) is 23.0 Å². The van der Waals surface area contributed by atoms with E-state index >= 15 is 0 Å². The summed E-state index contributed by atoms with van der Waals surface area (Å²) in [7, 11) is 0. The van der Waals surface area contributed by atoms with Gasteiger partial charge in [0, 0.05) is 91.5 Å². The summed E-state index contributed by atoms with van der Waals surface area (Å²) in [6, 6.07) is 24.5. The third-order valence-corrected chi connectivity index (χ3v) is 8.82. The molecule has 6 bridgehead atoms. The molecule has 6 rings (SSSR count). The lowest BCUT2D eigenvalue weighted by atomic mass is 10.0. The van der Waals surface area contributed by atoms with E-state index < -0.39 is 0 Å². The zero-order valence-corrected chi connectivity index (χ0v) is 28.1. The average Bonchev–Trinajstić information content (AvgIpc) is 3.06. The van der Waals surface area contributed by atoms with Crippen molar-refractivity contribution in [2.45, 2.75) is 52.9 Å². The van der Waals surface area contributed by atoms with Crippen LogP contribution in [0.5, 0.6) is 23.0 Å². The van der Waals surface area contributed by atoms with Crippen LogP contribution in [-0.4, -0.2) is 71.8 Å². The standard InChI is InChI=1S/C40H46N4O4/c1-29-19-33-23-41-13-14-42-24-34-20-30(2)22-36(40(34)46)28-44-16-7-15-43(27-35(21-29)39(33)45)25-31-9-3-5-11-37(31)47-17-8-18-48-38-12-6-4-10-32(38)26-44/h3-6,9-12,19-24,45-46H,7-8,13-18,25-28H2,1-2H3. The SMILES string of the molecule is Cc1cc2c(O)c(c1)CN1CCCN(Cc3ccccc3OCCCOc3ccccc3C1)Cc1cc(C)cc(c1O)C=NCCN=C2. The molecule has 2 unspecified atom stereocenters. The number of para-hydroxylation sites is 2. The molecule has 4 aromatic carbocycles. The number of aryl methyl sites for hydroxylation is 2. The Balaban J connectivity index is 1.41. The van der Waals surface area contributed by atoms with Crippen LogP contribution in [0.25, 0.3) is 0 Å². The van der Waals surface area contributed by atoms with Gasteiger partial charge in [-0.2, -0.15) is 0 Å². The van der Waals surface area contributed by atoms with Crippen LogP contribution in [0.15, 0.2) is 82.8 Å². The predicted molar refractivity (Wildman–Crippen MR) is 192 cm³/mol. The molecule has 2 atom stereocenters. The number of rotatable bonds is 0. The highest BCUT2D eigenvalue weighted by Gasteiger charge is 2.19. The number of aliphatic imine (C=N–C) groups is 2. The Morgan fingerprint density at radius 2 is 1.00 bits per heavy atom. The topological polar surface area (TPSA) is 90.1 Å². The molecular formula is C40H46N4O4. The molecule has 0 saturated carbocycles. The van der Waals surface area contributed by atoms with E-state index in [9.17, 15) is 10.2 Å². The van der Waals surface area contributed by atoms with Crippen LogP contribution in [0.1, 0.15) is 57.3 Å². The van der Waals surface area contributed by atoms with Crippen molar-refractivity contribution in [2.75, 3.05) is 39.4 Å². The number of phenolic OH excluding ortho intramolecular Hbond substituents is 2. The quantitative estimate of drug-likeness (QED) is 0.218. The van der Waals surface area contributed by atoms with Gasteiger partial charge in [-0.25, -0.2) is 0 Å². The van der Waals surface area contributed by atoms with E-state index in [1.165, 1.54) is 0 Å². The summed E-state index contributed by atoms with van der Waals surface area (Å²) in [5, 5.41) is 22.8. The molecule has 8 nitrogen and oxygen atoms in total. The summed E-state index contributed by atoms with van der Waals surface area (Å²) in [4.78, 5) is 13.9. The van der Waals surface area contributed by atoms with Gasteiger partial charge in [-0.3, -0.25) is 19.8 Å². The van der Waals surface area contributed by atoms with Crippen LogP contribution in [0.3, 0.4) is 0 Å². The molecule has 0 spiro atoms. The summed E-state index contributed by atoms with van der Waals surface area (Å²) < 4.78 is 12.6. The molecule has 0 fully saturated rings. The second kappa shape index (κ2) is 16.0. The maximum Gasteiger partial charge on any atom is 0.128 e. The minimum atomic E-state index is 0.261. The first-order valence-electron chi connectivity index (χ1n) is 16.9. The van der Waals surface area contributed by atoms with Gasteiger partial charge in [0.15, 0.2) is 0 Å². The second-order valence-corrected chi connectivity index (χ2v) is 12.8. The first kappa shape index (κ1) is 33.2. The number of fused-ring (bicyclic) bond motifs is 10. The molecule has 0 aliphatic carbocycles. The number of ether oxygens (including phenoxy) is 2. The Hall–Kier alpha value is -4.66. The molecule has 2 heterocycles. The lowest BCUT2D eigenvalue weighted by molar-refractivity contribution is 0.195. The van der Waals surface area contributed by atoms with Crippen molar-refractivity contribution >= 4 is 12.4 Å². The van der Waals surface area contributed by atoms with Crippen molar-refractivity contribution in [3.63, 3.8) is 0 Å². The summed E-state index contributed by atoms with van der Waals surface area (Å²) in [6.07, 6.45) is 5.11. The highest BCUT2D eigenvalue weighted by Crippen LogP contribution is 2.30. The Morgan fingerprint density at radius 3 is 1.48 bits per heavy atom. The van der Waals surface area contributed by atoms with Crippen LogP contribution in [-0.2, 0) is 26.2 Å². The smallest absolute Gasteiger partial charge is 0.128 e.